The zero-order valence-corrected chi connectivity index (χ0v) is 21.1. The monoisotopic (exact) mass is 629 g/mol. The van der Waals surface area contributed by atoms with E-state index in [9.17, 15) is 0 Å². The van der Waals surface area contributed by atoms with Crippen LogP contribution in [0.3, 0.4) is 0 Å². The number of hydrogen-bond donors (Lipinski definition) is 0. The van der Waals surface area contributed by atoms with Gasteiger partial charge in [-0.1, -0.05) is 70.9 Å². The van der Waals surface area contributed by atoms with Crippen LogP contribution in [0, 0.1) is 12.1 Å². The van der Waals surface area contributed by atoms with Crippen molar-refractivity contribution in [3.05, 3.63) is 127 Å². The molecule has 0 N–H and O–H groups in total. The molecule has 0 atom stereocenters. The standard InChI is InChI=1S/C16H10NO.C15H10N.Ir/c1-2-5-12-11(4-1)7-8-13-14(12)10-18-15-6-3-9-17-16(13)15;1-2-6-12(7-3-1)15-11-10-13-8-4-5-9-14(13)16-15;/h1-7,9H,10H2;1-6,8-11H;/q2*-1;. The second-order valence-corrected chi connectivity index (χ2v) is 8.03. The molecule has 4 aromatic carbocycles. The third-order valence-electron chi connectivity index (χ3n) is 5.92. The molecule has 2 aromatic heterocycles. The Labute approximate surface area is 217 Å². The van der Waals surface area contributed by atoms with Crippen LogP contribution in [0.15, 0.2) is 109 Å². The zero-order chi connectivity index (χ0) is 22.7. The van der Waals surface area contributed by atoms with Crippen molar-refractivity contribution >= 4 is 21.7 Å². The van der Waals surface area contributed by atoms with E-state index in [1.807, 2.05) is 72.8 Å². The van der Waals surface area contributed by atoms with Crippen molar-refractivity contribution in [2.75, 3.05) is 0 Å². The molecule has 0 saturated heterocycles. The number of aromatic nitrogens is 2. The number of para-hydroxylation sites is 1. The molecule has 7 rings (SSSR count). The predicted octanol–water partition coefficient (Wildman–Crippen LogP) is 7.29. The van der Waals surface area contributed by atoms with Crippen LogP contribution in [-0.2, 0) is 26.7 Å². The molecule has 1 radical (unpaired) electrons. The van der Waals surface area contributed by atoms with E-state index in [1.54, 1.807) is 6.20 Å². The van der Waals surface area contributed by atoms with Crippen LogP contribution < -0.4 is 4.74 Å². The first-order chi connectivity index (χ1) is 16.9. The smallest absolute Gasteiger partial charge is 0.103 e. The molecule has 3 heterocycles. The Balaban J connectivity index is 0.000000142. The van der Waals surface area contributed by atoms with E-state index in [2.05, 4.69) is 52.4 Å². The van der Waals surface area contributed by atoms with Gasteiger partial charge < -0.3 is 9.72 Å². The number of nitrogens with zero attached hydrogens (tertiary/aromatic N) is 2. The molecule has 0 spiro atoms. The minimum absolute atomic E-state index is 0. The molecule has 0 saturated carbocycles. The average Bonchev–Trinajstić information content (AvgIpc) is 2.93. The predicted molar refractivity (Wildman–Crippen MR) is 136 cm³/mol. The SMILES string of the molecule is [Ir].[c-]1cc2ccccc2c2c1-c1ncccc1OC2.[c-]1ccccc1-c1ccc2ccccc2n1. The van der Waals surface area contributed by atoms with E-state index in [4.69, 9.17) is 4.74 Å². The molecular weight excluding hydrogens is 609 g/mol. The summed E-state index contributed by atoms with van der Waals surface area (Å²) < 4.78 is 5.78. The minimum atomic E-state index is 0. The van der Waals surface area contributed by atoms with Crippen LogP contribution in [0.25, 0.3) is 44.2 Å². The van der Waals surface area contributed by atoms with E-state index >= 15 is 0 Å². The summed E-state index contributed by atoms with van der Waals surface area (Å²) in [4.78, 5) is 9.03. The summed E-state index contributed by atoms with van der Waals surface area (Å²) in [5.41, 5.74) is 6.17. The van der Waals surface area contributed by atoms with Crippen LogP contribution in [0.4, 0.5) is 0 Å². The second kappa shape index (κ2) is 10.2. The van der Waals surface area contributed by atoms with Crippen molar-refractivity contribution in [2.24, 2.45) is 0 Å². The van der Waals surface area contributed by atoms with Gasteiger partial charge in [0.15, 0.2) is 0 Å². The van der Waals surface area contributed by atoms with Gasteiger partial charge in [-0.25, -0.2) is 0 Å². The van der Waals surface area contributed by atoms with Crippen molar-refractivity contribution in [1.29, 1.82) is 0 Å². The number of rotatable bonds is 1. The number of hydrogen-bond acceptors (Lipinski definition) is 3. The van der Waals surface area contributed by atoms with Crippen LogP contribution >= 0.6 is 0 Å². The molecule has 1 aliphatic rings. The van der Waals surface area contributed by atoms with Crippen LogP contribution in [-0.4, -0.2) is 9.97 Å². The summed E-state index contributed by atoms with van der Waals surface area (Å²) in [6, 6.07) is 40.9. The van der Waals surface area contributed by atoms with E-state index < -0.39 is 0 Å². The van der Waals surface area contributed by atoms with Gasteiger partial charge in [0.05, 0.1) is 12.1 Å². The first kappa shape index (κ1) is 22.9. The molecule has 4 heteroatoms. The first-order valence-corrected chi connectivity index (χ1v) is 11.2. The Kier molecular flexibility index (Phi) is 6.67. The Morgan fingerprint density at radius 1 is 0.743 bits per heavy atom. The van der Waals surface area contributed by atoms with Gasteiger partial charge in [0.2, 0.25) is 0 Å². The summed E-state index contributed by atoms with van der Waals surface area (Å²) in [7, 11) is 0. The molecule has 0 aliphatic carbocycles. The Bertz CT molecular complexity index is 1620. The van der Waals surface area contributed by atoms with Gasteiger partial charge in [-0.2, -0.15) is 0 Å². The van der Waals surface area contributed by atoms with Gasteiger partial charge in [0, 0.05) is 32.0 Å². The maximum absolute atomic E-state index is 5.78. The number of pyridine rings is 2. The van der Waals surface area contributed by atoms with E-state index in [0.29, 0.717) is 6.61 Å². The van der Waals surface area contributed by atoms with Crippen LogP contribution in [0.1, 0.15) is 5.56 Å². The summed E-state index contributed by atoms with van der Waals surface area (Å²) in [6.45, 7) is 0.589. The molecule has 3 nitrogen and oxygen atoms in total. The summed E-state index contributed by atoms with van der Waals surface area (Å²) in [5, 5.41) is 3.59. The Morgan fingerprint density at radius 3 is 2.46 bits per heavy atom. The molecule has 0 bridgehead atoms. The topological polar surface area (TPSA) is 35.0 Å². The largest absolute Gasteiger partial charge is 0.506 e. The maximum atomic E-state index is 5.78. The fraction of sp³-hybridized carbons (Fsp3) is 0.0323. The molecule has 0 amide bonds. The number of fused-ring (bicyclic) bond motifs is 6. The molecule has 6 aromatic rings. The second-order valence-electron chi connectivity index (χ2n) is 8.03. The first-order valence-electron chi connectivity index (χ1n) is 11.2. The normalized spacial score (nSPS) is 11.3. The fourth-order valence-electron chi connectivity index (χ4n) is 4.24. The van der Waals surface area contributed by atoms with Crippen molar-refractivity contribution in [1.82, 2.24) is 9.97 Å². The molecule has 171 valence electrons. The third kappa shape index (κ3) is 4.59. The molecule has 1 aliphatic heterocycles. The average molecular weight is 629 g/mol. The van der Waals surface area contributed by atoms with Crippen LogP contribution in [0.2, 0.25) is 0 Å². The Morgan fingerprint density at radius 2 is 1.57 bits per heavy atom. The van der Waals surface area contributed by atoms with Gasteiger partial charge >= 0.3 is 0 Å². The van der Waals surface area contributed by atoms with Crippen molar-refractivity contribution in [3.63, 3.8) is 0 Å². The molecular formula is C31H20IrN2O-2. The summed E-state index contributed by atoms with van der Waals surface area (Å²) in [6.07, 6.45) is 1.79. The van der Waals surface area contributed by atoms with Gasteiger partial charge in [0.25, 0.3) is 0 Å². The summed E-state index contributed by atoms with van der Waals surface area (Å²) in [5.74, 6) is 0.844. The van der Waals surface area contributed by atoms with Gasteiger partial charge in [0.1, 0.15) is 5.75 Å². The summed E-state index contributed by atoms with van der Waals surface area (Å²) >= 11 is 0. The Hall–Kier alpha value is -3.85. The molecule has 0 unspecified atom stereocenters. The quantitative estimate of drug-likeness (QED) is 0.180. The van der Waals surface area contributed by atoms with E-state index in [1.165, 1.54) is 21.7 Å². The minimum Gasteiger partial charge on any atom is -0.506 e. The fourth-order valence-corrected chi connectivity index (χ4v) is 4.24. The third-order valence-corrected chi connectivity index (χ3v) is 5.92. The molecule has 0 fully saturated rings. The number of ether oxygens (including phenoxy) is 1. The maximum Gasteiger partial charge on any atom is 0.103 e. The van der Waals surface area contributed by atoms with Gasteiger partial charge in [-0.15, -0.1) is 53.6 Å². The van der Waals surface area contributed by atoms with Crippen molar-refractivity contribution in [2.45, 2.75) is 6.61 Å². The van der Waals surface area contributed by atoms with E-state index in [0.717, 1.165) is 33.8 Å². The van der Waals surface area contributed by atoms with Crippen molar-refractivity contribution < 1.29 is 24.8 Å². The molecule has 35 heavy (non-hydrogen) atoms. The zero-order valence-electron chi connectivity index (χ0n) is 18.7. The van der Waals surface area contributed by atoms with Crippen LogP contribution in [0.5, 0.6) is 5.75 Å². The number of benzene rings is 4. The van der Waals surface area contributed by atoms with Gasteiger partial charge in [-0.05, 0) is 29.3 Å². The van der Waals surface area contributed by atoms with E-state index in [-0.39, 0.29) is 20.1 Å². The van der Waals surface area contributed by atoms with Crippen molar-refractivity contribution in [3.8, 4) is 28.3 Å². The van der Waals surface area contributed by atoms with Gasteiger partial charge in [-0.3, -0.25) is 4.98 Å².